The first-order chi connectivity index (χ1) is 26.8. The lowest BCUT2D eigenvalue weighted by Crippen LogP contribution is -2.62. The van der Waals surface area contributed by atoms with Crippen molar-refractivity contribution in [3.8, 4) is 45.6 Å². The van der Waals surface area contributed by atoms with E-state index < -0.39 is 42.6 Å². The fraction of sp³-hybridized carbons (Fsp3) is 0.366. The van der Waals surface area contributed by atoms with E-state index in [0.29, 0.717) is 0 Å². The molecule has 0 aromatic heterocycles. The second-order valence-corrected chi connectivity index (χ2v) is 12.4. The van der Waals surface area contributed by atoms with Gasteiger partial charge in [0, 0.05) is 18.2 Å². The highest BCUT2D eigenvalue weighted by Gasteiger charge is 2.51. The summed E-state index contributed by atoms with van der Waals surface area (Å²) in [5.74, 6) is -1.03. The molecule has 4 aromatic rings. The maximum absolute atomic E-state index is 14.9. The number of ether oxygens (including phenoxy) is 12. The van der Waals surface area contributed by atoms with Gasteiger partial charge in [0.15, 0.2) is 35.4 Å². The molecule has 0 bridgehead atoms. The molecule has 55 heavy (non-hydrogen) atoms. The molecule has 0 radical (unpaired) electrons. The van der Waals surface area contributed by atoms with Gasteiger partial charge in [-0.2, -0.15) is 0 Å². The molecule has 1 fully saturated rings. The standard InChI is InChI=1S/C41H44O14/c1-44-27-18-25-30(35(48-5)32(27)46-3)31-26(19-28(45-2)33(47-4)36(31)49-6)40(43)55-34-29(22-53-39(25)42)54-41(50-7)38(52-21-24-16-12-9-13-17-24)37(34)51-20-23-14-10-8-11-15-23/h8-19,29,34,37-38,41H,20-22H2,1-7H3/t29-,34-,37+,38-,41+/m1/s1. The molecule has 14 heteroatoms. The minimum Gasteiger partial charge on any atom is -0.493 e. The second kappa shape index (κ2) is 17.7. The number of fused-ring (bicyclic) bond motifs is 4. The SMILES string of the molecule is COc1cc2c(c(OC)c1OC)-c1c(cc(OC)c(OC)c1OC)C(=O)O[C@H]1[C@H](OCc3ccccc3)[C@@H](OCc3ccccc3)[C@@H](OC)O[C@@H]1COC2=O. The van der Waals surface area contributed by atoms with Gasteiger partial charge < -0.3 is 56.8 Å². The molecular weight excluding hydrogens is 716 g/mol. The normalized spacial score (nSPS) is 20.7. The molecule has 6 rings (SSSR count). The molecule has 0 saturated carbocycles. The van der Waals surface area contributed by atoms with Crippen molar-refractivity contribution in [3.63, 3.8) is 0 Å². The topological polar surface area (TPSA) is 145 Å². The molecule has 0 spiro atoms. The Morgan fingerprint density at radius 3 is 1.51 bits per heavy atom. The predicted molar refractivity (Wildman–Crippen MR) is 196 cm³/mol. The Morgan fingerprint density at radius 1 is 0.582 bits per heavy atom. The number of carbonyl (C=O) groups is 2. The van der Waals surface area contributed by atoms with E-state index >= 15 is 0 Å². The van der Waals surface area contributed by atoms with Gasteiger partial charge in [-0.05, 0) is 23.3 Å². The van der Waals surface area contributed by atoms with Crippen molar-refractivity contribution >= 4 is 11.9 Å². The van der Waals surface area contributed by atoms with Gasteiger partial charge in [-0.3, -0.25) is 0 Å². The molecule has 2 heterocycles. The molecule has 0 amide bonds. The summed E-state index contributed by atoms with van der Waals surface area (Å²) >= 11 is 0. The van der Waals surface area contributed by atoms with E-state index in [9.17, 15) is 9.59 Å². The smallest absolute Gasteiger partial charge is 0.339 e. The zero-order valence-corrected chi connectivity index (χ0v) is 31.7. The van der Waals surface area contributed by atoms with Crippen LogP contribution in [0.3, 0.4) is 0 Å². The summed E-state index contributed by atoms with van der Waals surface area (Å²) in [5.41, 5.74) is 1.76. The van der Waals surface area contributed by atoms with Crippen LogP contribution in [0.4, 0.5) is 0 Å². The van der Waals surface area contributed by atoms with Gasteiger partial charge in [0.1, 0.15) is 24.9 Å². The van der Waals surface area contributed by atoms with Crippen molar-refractivity contribution < 1.29 is 66.4 Å². The summed E-state index contributed by atoms with van der Waals surface area (Å²) in [7, 11) is 9.89. The fourth-order valence-corrected chi connectivity index (χ4v) is 6.80. The highest BCUT2D eigenvalue weighted by molar-refractivity contribution is 6.08. The molecule has 2 aliphatic rings. The molecule has 5 atom stereocenters. The first kappa shape index (κ1) is 39.2. The van der Waals surface area contributed by atoms with Gasteiger partial charge in [-0.1, -0.05) is 60.7 Å². The maximum atomic E-state index is 14.9. The lowest BCUT2D eigenvalue weighted by atomic mass is 9.91. The van der Waals surface area contributed by atoms with E-state index in [1.165, 1.54) is 61.9 Å². The van der Waals surface area contributed by atoms with Crippen LogP contribution in [0.2, 0.25) is 0 Å². The van der Waals surface area contributed by atoms with Crippen LogP contribution in [-0.2, 0) is 41.6 Å². The quantitative estimate of drug-likeness (QED) is 0.155. The summed E-state index contributed by atoms with van der Waals surface area (Å²) in [4.78, 5) is 29.2. The summed E-state index contributed by atoms with van der Waals surface area (Å²) in [5, 5.41) is 0. The first-order valence-corrected chi connectivity index (χ1v) is 17.4. The maximum Gasteiger partial charge on any atom is 0.339 e. The van der Waals surface area contributed by atoms with Crippen molar-refractivity contribution in [1.82, 2.24) is 0 Å². The summed E-state index contributed by atoms with van der Waals surface area (Å²) in [6.45, 7) is -0.106. The molecule has 4 aromatic carbocycles. The number of cyclic esters (lactones) is 1. The van der Waals surface area contributed by atoms with Gasteiger partial charge >= 0.3 is 11.9 Å². The monoisotopic (exact) mass is 760 g/mol. The van der Waals surface area contributed by atoms with Crippen LogP contribution in [0.1, 0.15) is 31.8 Å². The van der Waals surface area contributed by atoms with Crippen molar-refractivity contribution in [1.29, 1.82) is 0 Å². The van der Waals surface area contributed by atoms with Crippen molar-refractivity contribution in [2.24, 2.45) is 0 Å². The van der Waals surface area contributed by atoms with Crippen LogP contribution in [0.5, 0.6) is 34.5 Å². The van der Waals surface area contributed by atoms with Gasteiger partial charge in [0.05, 0.1) is 67.0 Å². The van der Waals surface area contributed by atoms with E-state index in [4.69, 9.17) is 56.8 Å². The van der Waals surface area contributed by atoms with Crippen molar-refractivity contribution in [2.45, 2.75) is 43.9 Å². The number of hydrogen-bond acceptors (Lipinski definition) is 14. The minimum atomic E-state index is -1.21. The number of hydrogen-bond donors (Lipinski definition) is 0. The van der Waals surface area contributed by atoms with E-state index in [2.05, 4.69) is 0 Å². The van der Waals surface area contributed by atoms with Gasteiger partial charge in [0.2, 0.25) is 11.5 Å². The minimum absolute atomic E-state index is 0.0319. The molecule has 292 valence electrons. The van der Waals surface area contributed by atoms with Crippen LogP contribution < -0.4 is 28.4 Å². The number of carbonyl (C=O) groups excluding carboxylic acids is 2. The van der Waals surface area contributed by atoms with Crippen molar-refractivity contribution in [2.75, 3.05) is 56.4 Å². The van der Waals surface area contributed by atoms with Gasteiger partial charge in [-0.15, -0.1) is 0 Å². The van der Waals surface area contributed by atoms with Crippen LogP contribution >= 0.6 is 0 Å². The molecule has 0 N–H and O–H groups in total. The third kappa shape index (κ3) is 7.85. The highest BCUT2D eigenvalue weighted by Crippen LogP contribution is 2.54. The van der Waals surface area contributed by atoms with Gasteiger partial charge in [-0.25, -0.2) is 9.59 Å². The van der Waals surface area contributed by atoms with E-state index in [0.717, 1.165) is 11.1 Å². The fourth-order valence-electron chi connectivity index (χ4n) is 6.80. The van der Waals surface area contributed by atoms with Crippen LogP contribution in [0.25, 0.3) is 11.1 Å². The van der Waals surface area contributed by atoms with Crippen molar-refractivity contribution in [3.05, 3.63) is 95.1 Å². The Hall–Kier alpha value is -5.54. The summed E-state index contributed by atoms with van der Waals surface area (Å²) < 4.78 is 72.1. The van der Waals surface area contributed by atoms with E-state index in [-0.39, 0.29) is 76.6 Å². The Balaban J connectivity index is 1.55. The summed E-state index contributed by atoms with van der Waals surface area (Å²) in [6, 6.07) is 21.9. The average Bonchev–Trinajstić information content (AvgIpc) is 3.24. The van der Waals surface area contributed by atoms with Crippen LogP contribution in [0, 0.1) is 0 Å². The van der Waals surface area contributed by atoms with Crippen LogP contribution in [-0.4, -0.2) is 99.0 Å². The Bertz CT molecular complexity index is 1950. The highest BCUT2D eigenvalue weighted by atomic mass is 16.7. The Morgan fingerprint density at radius 2 is 1.05 bits per heavy atom. The third-order valence-corrected chi connectivity index (χ3v) is 9.37. The number of esters is 2. The molecule has 0 aliphatic carbocycles. The summed E-state index contributed by atoms with van der Waals surface area (Å²) in [6.07, 6.45) is -5.26. The number of methoxy groups -OCH3 is 7. The Kier molecular flexibility index (Phi) is 12.6. The third-order valence-electron chi connectivity index (χ3n) is 9.37. The van der Waals surface area contributed by atoms with E-state index in [1.54, 1.807) is 0 Å². The lowest BCUT2D eigenvalue weighted by molar-refractivity contribution is -0.313. The molecular formula is C41H44O14. The molecule has 1 saturated heterocycles. The van der Waals surface area contributed by atoms with Gasteiger partial charge in [0.25, 0.3) is 0 Å². The zero-order chi connectivity index (χ0) is 39.1. The van der Waals surface area contributed by atoms with Crippen LogP contribution in [0.15, 0.2) is 72.8 Å². The largest absolute Gasteiger partial charge is 0.493 e. The molecule has 0 unspecified atom stereocenters. The average molecular weight is 761 g/mol. The molecule has 14 nitrogen and oxygen atoms in total. The zero-order valence-electron chi connectivity index (χ0n) is 31.7. The lowest BCUT2D eigenvalue weighted by Gasteiger charge is -2.44. The Labute approximate surface area is 318 Å². The predicted octanol–water partition coefficient (Wildman–Crippen LogP) is 5.64. The van der Waals surface area contributed by atoms with E-state index in [1.807, 2.05) is 60.7 Å². The second-order valence-electron chi connectivity index (χ2n) is 12.4. The molecule has 2 aliphatic heterocycles. The first-order valence-electron chi connectivity index (χ1n) is 17.4. The number of rotatable bonds is 13. The number of benzene rings is 4.